The van der Waals surface area contributed by atoms with E-state index in [9.17, 15) is 0 Å². The Bertz CT molecular complexity index is 1220. The van der Waals surface area contributed by atoms with Crippen molar-refractivity contribution in [3.63, 3.8) is 0 Å². The largest absolute Gasteiger partial charge is 0.0610 e. The molecular weight excluding hydrogens is 542 g/mol. The van der Waals surface area contributed by atoms with E-state index < -0.39 is 0 Å². The van der Waals surface area contributed by atoms with Gasteiger partial charge in [0.25, 0.3) is 0 Å². The Balaban J connectivity index is 2.59. The SMILES string of the molecule is CC(C)(C)c1cc(C(C)(C)C)c(PC#CC#CPc2c(C(C)(C)C)cc(C(C)(C)C)cc2C(C)(C)C)c(C(C)(C)C)c1. The molecule has 2 heteroatoms. The molecule has 0 saturated carbocycles. The Morgan fingerprint density at radius 3 is 0.738 bits per heavy atom. The maximum atomic E-state index is 3.50. The van der Waals surface area contributed by atoms with Crippen molar-refractivity contribution in [2.24, 2.45) is 0 Å². The zero-order valence-electron chi connectivity index (χ0n) is 30.3. The predicted octanol–water partition coefficient (Wildman–Crippen LogP) is 10.7. The quantitative estimate of drug-likeness (QED) is 0.237. The number of hydrogen-bond acceptors (Lipinski definition) is 0. The van der Waals surface area contributed by atoms with Crippen LogP contribution in [0.5, 0.6) is 0 Å². The average Bonchev–Trinajstić information content (AvgIpc) is 2.76. The average molecular weight is 603 g/mol. The molecule has 0 nitrogen and oxygen atoms in total. The van der Waals surface area contributed by atoms with E-state index in [0.717, 1.165) is 0 Å². The third-order valence-electron chi connectivity index (χ3n) is 7.80. The first-order valence-corrected chi connectivity index (χ1v) is 17.6. The van der Waals surface area contributed by atoms with Crippen LogP contribution < -0.4 is 10.6 Å². The van der Waals surface area contributed by atoms with E-state index in [0.29, 0.717) is 17.2 Å². The maximum absolute atomic E-state index is 3.50. The number of hydrogen-bond donors (Lipinski definition) is 0. The Kier molecular flexibility index (Phi) is 10.8. The molecule has 0 radical (unpaired) electrons. The van der Waals surface area contributed by atoms with E-state index in [2.05, 4.69) is 172 Å². The van der Waals surface area contributed by atoms with Gasteiger partial charge in [0.05, 0.1) is 0 Å². The van der Waals surface area contributed by atoms with Gasteiger partial charge in [0, 0.05) is 0 Å². The fraction of sp³-hybridized carbons (Fsp3) is 0.600. The first kappa shape index (κ1) is 36.6. The Hall–Kier alpha value is -1.58. The predicted molar refractivity (Wildman–Crippen MR) is 197 cm³/mol. The highest BCUT2D eigenvalue weighted by atomic mass is 31.1. The van der Waals surface area contributed by atoms with Gasteiger partial charge in [-0.25, -0.2) is 0 Å². The van der Waals surface area contributed by atoms with Crippen molar-refractivity contribution in [2.75, 3.05) is 0 Å². The van der Waals surface area contributed by atoms with Crippen LogP contribution in [0, 0.1) is 23.2 Å². The highest BCUT2D eigenvalue weighted by Crippen LogP contribution is 2.38. The van der Waals surface area contributed by atoms with Crippen molar-refractivity contribution in [2.45, 2.75) is 157 Å². The van der Waals surface area contributed by atoms with Gasteiger partial charge in [0.15, 0.2) is 0 Å². The molecule has 0 aliphatic carbocycles. The summed E-state index contributed by atoms with van der Waals surface area (Å²) in [5, 5.41) is 2.81. The van der Waals surface area contributed by atoms with Gasteiger partial charge in [-0.1, -0.05) is 160 Å². The maximum Gasteiger partial charge on any atom is -0.00716 e. The van der Waals surface area contributed by atoms with Crippen LogP contribution in [0.2, 0.25) is 0 Å². The topological polar surface area (TPSA) is 0 Å². The minimum Gasteiger partial charge on any atom is -0.0610 e. The molecule has 0 fully saturated rings. The lowest BCUT2D eigenvalue weighted by molar-refractivity contribution is 0.553. The molecular formula is C40H60P2. The fourth-order valence-electron chi connectivity index (χ4n) is 5.04. The van der Waals surface area contributed by atoms with Crippen molar-refractivity contribution < 1.29 is 0 Å². The molecule has 0 bridgehead atoms. The molecule has 2 atom stereocenters. The van der Waals surface area contributed by atoms with Crippen LogP contribution in [0.3, 0.4) is 0 Å². The van der Waals surface area contributed by atoms with Crippen LogP contribution in [0.25, 0.3) is 0 Å². The van der Waals surface area contributed by atoms with Crippen LogP contribution in [0.4, 0.5) is 0 Å². The second-order valence-corrected chi connectivity index (χ2v) is 20.1. The molecule has 0 spiro atoms. The van der Waals surface area contributed by atoms with Gasteiger partial charge in [0.2, 0.25) is 0 Å². The van der Waals surface area contributed by atoms with Crippen molar-refractivity contribution in [3.05, 3.63) is 57.6 Å². The first-order chi connectivity index (χ1) is 18.6. The van der Waals surface area contributed by atoms with Crippen molar-refractivity contribution in [1.82, 2.24) is 0 Å². The second kappa shape index (κ2) is 12.4. The van der Waals surface area contributed by atoms with Gasteiger partial charge in [-0.2, -0.15) is 0 Å². The van der Waals surface area contributed by atoms with E-state index in [1.807, 2.05) is 0 Å². The summed E-state index contributed by atoms with van der Waals surface area (Å²) >= 11 is 0. The van der Waals surface area contributed by atoms with Gasteiger partial charge >= 0.3 is 0 Å². The fourth-order valence-corrected chi connectivity index (χ4v) is 7.86. The van der Waals surface area contributed by atoms with Crippen LogP contribution in [-0.4, -0.2) is 0 Å². The smallest absolute Gasteiger partial charge is 0.00716 e. The van der Waals surface area contributed by atoms with E-state index >= 15 is 0 Å². The molecule has 42 heavy (non-hydrogen) atoms. The third-order valence-corrected chi connectivity index (χ3v) is 9.88. The zero-order chi connectivity index (χ0) is 32.7. The highest BCUT2D eigenvalue weighted by Gasteiger charge is 2.30. The minimum atomic E-state index is 0.0459. The summed E-state index contributed by atoms with van der Waals surface area (Å²) in [6, 6.07) is 9.76. The molecule has 2 aromatic carbocycles. The molecule has 0 aliphatic rings. The van der Waals surface area contributed by atoms with Gasteiger partial charge in [-0.15, -0.1) is 0 Å². The molecule has 0 heterocycles. The first-order valence-electron chi connectivity index (χ1n) is 15.6. The molecule has 230 valence electrons. The van der Waals surface area contributed by atoms with Gasteiger partial charge in [-0.3, -0.25) is 0 Å². The Morgan fingerprint density at radius 1 is 0.357 bits per heavy atom. The summed E-state index contributed by atoms with van der Waals surface area (Å²) in [7, 11) is 0.830. The Labute approximate surface area is 265 Å². The lowest BCUT2D eigenvalue weighted by Gasteiger charge is -2.33. The molecule has 2 rings (SSSR count). The van der Waals surface area contributed by atoms with Gasteiger partial charge in [-0.05, 0) is 105 Å². The van der Waals surface area contributed by atoms with Gasteiger partial charge in [0.1, 0.15) is 0 Å². The number of rotatable bonds is 2. The molecule has 2 aromatic rings. The molecule has 0 N–H and O–H groups in total. The summed E-state index contributed by atoms with van der Waals surface area (Å²) in [6.07, 6.45) is 0. The van der Waals surface area contributed by atoms with Gasteiger partial charge < -0.3 is 0 Å². The van der Waals surface area contributed by atoms with E-state index in [1.54, 1.807) is 0 Å². The van der Waals surface area contributed by atoms with E-state index in [4.69, 9.17) is 0 Å². The van der Waals surface area contributed by atoms with Crippen LogP contribution in [0.1, 0.15) is 158 Å². The van der Waals surface area contributed by atoms with Crippen LogP contribution in [0.15, 0.2) is 24.3 Å². The summed E-state index contributed by atoms with van der Waals surface area (Å²) in [6.45, 7) is 41.8. The minimum absolute atomic E-state index is 0.0459. The number of benzene rings is 2. The monoisotopic (exact) mass is 602 g/mol. The summed E-state index contributed by atoms with van der Waals surface area (Å²) in [5.74, 6) is 6.53. The third kappa shape index (κ3) is 9.46. The Morgan fingerprint density at radius 2 is 0.571 bits per heavy atom. The highest BCUT2D eigenvalue weighted by molar-refractivity contribution is 7.53. The van der Waals surface area contributed by atoms with Crippen LogP contribution in [-0.2, 0) is 32.5 Å². The van der Waals surface area contributed by atoms with E-state index in [1.165, 1.54) is 44.0 Å². The zero-order valence-corrected chi connectivity index (χ0v) is 32.3. The van der Waals surface area contributed by atoms with Crippen molar-refractivity contribution >= 4 is 27.8 Å². The molecule has 0 amide bonds. The molecule has 0 saturated heterocycles. The standard InChI is InChI=1S/C40H60P2/c1-35(2,3)27-23-29(37(7,8)9)33(30(24-27)38(10,11)12)41-21-19-20-22-42-34-31(39(13,14)15)25-28(36(4,5)6)26-32(34)40(16,17)18/h23-26,41-42H,1-18H3. The summed E-state index contributed by atoms with van der Waals surface area (Å²) in [5.41, 5.74) is 15.9. The van der Waals surface area contributed by atoms with Crippen molar-refractivity contribution in [1.29, 1.82) is 0 Å². The summed E-state index contributed by atoms with van der Waals surface area (Å²) in [4.78, 5) is 0. The lowest BCUT2D eigenvalue weighted by Crippen LogP contribution is -2.30. The van der Waals surface area contributed by atoms with Crippen LogP contribution >= 0.6 is 17.2 Å². The molecule has 0 aromatic heterocycles. The normalized spacial score (nSPS) is 13.9. The molecule has 2 unspecified atom stereocenters. The van der Waals surface area contributed by atoms with E-state index in [-0.39, 0.29) is 32.5 Å². The van der Waals surface area contributed by atoms with Crippen molar-refractivity contribution in [3.8, 4) is 23.2 Å². The molecule has 0 aliphatic heterocycles. The summed E-state index contributed by atoms with van der Waals surface area (Å²) < 4.78 is 0. The lowest BCUT2D eigenvalue weighted by atomic mass is 9.75. The second-order valence-electron chi connectivity index (χ2n) is 18.1.